The fraction of sp³-hybridized carbons (Fsp3) is 0.480. The molecule has 2 aromatic rings. The molecule has 4 atom stereocenters. The van der Waals surface area contributed by atoms with Gasteiger partial charge in [0.2, 0.25) is 5.95 Å². The lowest BCUT2D eigenvalue weighted by molar-refractivity contribution is -0.121. The van der Waals surface area contributed by atoms with Gasteiger partial charge in [-0.05, 0) is 62.9 Å². The van der Waals surface area contributed by atoms with Crippen LogP contribution in [0, 0.1) is 30.5 Å². The van der Waals surface area contributed by atoms with Gasteiger partial charge in [-0.2, -0.15) is 4.98 Å². The van der Waals surface area contributed by atoms with E-state index in [2.05, 4.69) is 68.7 Å². The van der Waals surface area contributed by atoms with Crippen LogP contribution in [0.3, 0.4) is 0 Å². The molecule has 1 aliphatic heterocycles. The molecule has 2 bridgehead atoms. The topological polar surface area (TPSA) is 73.4 Å². The summed E-state index contributed by atoms with van der Waals surface area (Å²) in [5.74, 6) is 0.382. The number of piperazine rings is 1. The van der Waals surface area contributed by atoms with Crippen molar-refractivity contribution < 1.29 is 9.18 Å². The molecular weight excluding hydrogens is 419 g/mol. The maximum atomic E-state index is 14.6. The number of benzene rings is 1. The summed E-state index contributed by atoms with van der Waals surface area (Å²) < 4.78 is 14.6. The standard InChI is InChI=1S/C25H31FN6O/c1-15-12-19(6-7-21(15)32-10-8-31(3)9-11-32)28-25-27-14-20(26)24(30-25)29-23-18-5-4-17(13-18)22(23)16(2)33/h4-7,12,14,17-18,22-23H,8-11,13H2,1-3H3,(H2,27,28,29,30). The Morgan fingerprint density at radius 3 is 2.64 bits per heavy atom. The van der Waals surface area contributed by atoms with Crippen LogP contribution in [-0.2, 0) is 4.79 Å². The number of aromatic nitrogens is 2. The third kappa shape index (κ3) is 4.31. The van der Waals surface area contributed by atoms with Crippen molar-refractivity contribution >= 4 is 28.9 Å². The first-order chi connectivity index (χ1) is 15.9. The summed E-state index contributed by atoms with van der Waals surface area (Å²) in [5, 5.41) is 6.42. The van der Waals surface area contributed by atoms with Crippen molar-refractivity contribution in [3.05, 3.63) is 47.9 Å². The van der Waals surface area contributed by atoms with E-state index in [1.165, 1.54) is 17.4 Å². The van der Waals surface area contributed by atoms with Crippen LogP contribution in [0.15, 0.2) is 36.5 Å². The van der Waals surface area contributed by atoms with Gasteiger partial charge in [-0.25, -0.2) is 9.37 Å². The Balaban J connectivity index is 1.31. The van der Waals surface area contributed by atoms with E-state index in [4.69, 9.17) is 0 Å². The van der Waals surface area contributed by atoms with Crippen LogP contribution in [0.4, 0.5) is 27.5 Å². The van der Waals surface area contributed by atoms with Gasteiger partial charge in [0.25, 0.3) is 0 Å². The number of Topliss-reactive ketones (excluding diaryl/α,β-unsaturated/α-hetero) is 1. The highest BCUT2D eigenvalue weighted by molar-refractivity contribution is 5.81. The first-order valence-electron chi connectivity index (χ1n) is 11.7. The van der Waals surface area contributed by atoms with Crippen molar-refractivity contribution in [3.63, 3.8) is 0 Å². The molecule has 3 aliphatic rings. The van der Waals surface area contributed by atoms with Gasteiger partial charge in [-0.1, -0.05) is 12.2 Å². The highest BCUT2D eigenvalue weighted by atomic mass is 19.1. The van der Waals surface area contributed by atoms with Crippen molar-refractivity contribution in [1.82, 2.24) is 14.9 Å². The average molecular weight is 451 g/mol. The molecule has 7 nitrogen and oxygen atoms in total. The van der Waals surface area contributed by atoms with Gasteiger partial charge in [0, 0.05) is 49.5 Å². The number of fused-ring (bicyclic) bond motifs is 2. The fourth-order valence-corrected chi connectivity index (χ4v) is 5.52. The molecule has 2 aliphatic carbocycles. The lowest BCUT2D eigenvalue weighted by atomic mass is 9.86. The van der Waals surface area contributed by atoms with Crippen LogP contribution in [0.5, 0.6) is 0 Å². The van der Waals surface area contributed by atoms with Gasteiger partial charge >= 0.3 is 0 Å². The summed E-state index contributed by atoms with van der Waals surface area (Å²) in [6.45, 7) is 7.86. The lowest BCUT2D eigenvalue weighted by Crippen LogP contribution is -2.44. The number of hydrogen-bond acceptors (Lipinski definition) is 7. The minimum atomic E-state index is -0.517. The Morgan fingerprint density at radius 1 is 1.15 bits per heavy atom. The Labute approximate surface area is 194 Å². The largest absolute Gasteiger partial charge is 0.369 e. The van der Waals surface area contributed by atoms with E-state index < -0.39 is 5.82 Å². The van der Waals surface area contributed by atoms with E-state index in [-0.39, 0.29) is 35.4 Å². The Bertz CT molecular complexity index is 1080. The molecule has 2 heterocycles. The van der Waals surface area contributed by atoms with Crippen molar-refractivity contribution in [2.45, 2.75) is 26.3 Å². The molecule has 33 heavy (non-hydrogen) atoms. The third-order valence-electron chi connectivity index (χ3n) is 7.27. The molecule has 1 saturated carbocycles. The van der Waals surface area contributed by atoms with Crippen LogP contribution in [0.25, 0.3) is 0 Å². The van der Waals surface area contributed by atoms with E-state index in [1.807, 2.05) is 6.07 Å². The first kappa shape index (κ1) is 21.8. The number of likely N-dealkylation sites (N-methyl/N-ethyl adjacent to an activating group) is 1. The molecular formula is C25H31FN6O. The second-order valence-corrected chi connectivity index (χ2v) is 9.56. The summed E-state index contributed by atoms with van der Waals surface area (Å²) >= 11 is 0. The summed E-state index contributed by atoms with van der Waals surface area (Å²) in [5.41, 5.74) is 3.26. The van der Waals surface area contributed by atoms with E-state index >= 15 is 0 Å². The molecule has 0 amide bonds. The Kier molecular flexibility index (Phi) is 5.78. The number of ketones is 1. The van der Waals surface area contributed by atoms with E-state index in [0.29, 0.717) is 5.95 Å². The van der Waals surface area contributed by atoms with Crippen LogP contribution in [0.2, 0.25) is 0 Å². The number of allylic oxidation sites excluding steroid dienone is 1. The van der Waals surface area contributed by atoms with Gasteiger partial charge in [0.1, 0.15) is 5.78 Å². The van der Waals surface area contributed by atoms with Crippen LogP contribution in [0.1, 0.15) is 18.9 Å². The minimum absolute atomic E-state index is 0.132. The predicted octanol–water partition coefficient (Wildman–Crippen LogP) is 3.61. The number of nitrogens with zero attached hydrogens (tertiary/aromatic N) is 4. The number of carbonyl (C=O) groups excluding carboxylic acids is 1. The molecule has 1 aromatic heterocycles. The molecule has 0 radical (unpaired) electrons. The Morgan fingerprint density at radius 2 is 1.91 bits per heavy atom. The van der Waals surface area contributed by atoms with Gasteiger partial charge in [-0.3, -0.25) is 4.79 Å². The zero-order valence-electron chi connectivity index (χ0n) is 19.4. The van der Waals surface area contributed by atoms with Gasteiger partial charge < -0.3 is 20.4 Å². The number of rotatable bonds is 6. The zero-order valence-corrected chi connectivity index (χ0v) is 19.4. The molecule has 0 spiro atoms. The van der Waals surface area contributed by atoms with E-state index in [9.17, 15) is 9.18 Å². The molecule has 8 heteroatoms. The summed E-state index contributed by atoms with van der Waals surface area (Å²) in [6, 6.07) is 6.05. The normalized spacial score (nSPS) is 26.6. The van der Waals surface area contributed by atoms with Crippen molar-refractivity contribution in [2.75, 3.05) is 48.8 Å². The molecule has 4 unspecified atom stereocenters. The quantitative estimate of drug-likeness (QED) is 0.652. The molecule has 5 rings (SSSR count). The number of nitrogens with one attached hydrogen (secondary N) is 2. The number of halogens is 1. The molecule has 1 aromatic carbocycles. The monoisotopic (exact) mass is 450 g/mol. The van der Waals surface area contributed by atoms with Crippen molar-refractivity contribution in [2.24, 2.45) is 17.8 Å². The summed E-state index contributed by atoms with van der Waals surface area (Å²) in [6.07, 6.45) is 6.35. The summed E-state index contributed by atoms with van der Waals surface area (Å²) in [7, 11) is 2.15. The maximum absolute atomic E-state index is 14.6. The molecule has 1 saturated heterocycles. The first-order valence-corrected chi connectivity index (χ1v) is 11.7. The SMILES string of the molecule is CC(=O)C1C2C=CC(C2)C1Nc1nc(Nc2ccc(N3CCN(C)CC3)c(C)c2)ncc1F. The second-order valence-electron chi connectivity index (χ2n) is 9.56. The highest BCUT2D eigenvalue weighted by Gasteiger charge is 2.47. The average Bonchev–Trinajstić information content (AvgIpc) is 3.39. The number of aryl methyl sites for hydroxylation is 1. The number of hydrogen-bond donors (Lipinski definition) is 2. The van der Waals surface area contributed by atoms with Crippen LogP contribution >= 0.6 is 0 Å². The van der Waals surface area contributed by atoms with Gasteiger partial charge in [-0.15, -0.1) is 0 Å². The lowest BCUT2D eigenvalue weighted by Gasteiger charge is -2.35. The van der Waals surface area contributed by atoms with E-state index in [0.717, 1.165) is 38.3 Å². The smallest absolute Gasteiger partial charge is 0.229 e. The van der Waals surface area contributed by atoms with Crippen LogP contribution in [-0.4, -0.2) is 59.9 Å². The minimum Gasteiger partial charge on any atom is -0.369 e. The van der Waals surface area contributed by atoms with Gasteiger partial charge in [0.05, 0.1) is 6.20 Å². The summed E-state index contributed by atoms with van der Waals surface area (Å²) in [4.78, 5) is 25.5. The fourth-order valence-electron chi connectivity index (χ4n) is 5.52. The second kappa shape index (κ2) is 8.74. The number of carbonyl (C=O) groups is 1. The van der Waals surface area contributed by atoms with Crippen LogP contribution < -0.4 is 15.5 Å². The third-order valence-corrected chi connectivity index (χ3v) is 7.27. The predicted molar refractivity (Wildman–Crippen MR) is 128 cm³/mol. The van der Waals surface area contributed by atoms with Crippen molar-refractivity contribution in [3.8, 4) is 0 Å². The number of anilines is 4. The van der Waals surface area contributed by atoms with Crippen molar-refractivity contribution in [1.29, 1.82) is 0 Å². The molecule has 2 N–H and O–H groups in total. The Hall–Kier alpha value is -3.00. The maximum Gasteiger partial charge on any atom is 0.229 e. The molecule has 174 valence electrons. The highest BCUT2D eigenvalue weighted by Crippen LogP contribution is 2.45. The zero-order chi connectivity index (χ0) is 23.1. The molecule has 2 fully saturated rings. The van der Waals surface area contributed by atoms with E-state index in [1.54, 1.807) is 6.92 Å². The van der Waals surface area contributed by atoms with Gasteiger partial charge in [0.15, 0.2) is 11.6 Å².